The lowest BCUT2D eigenvalue weighted by molar-refractivity contribution is 0.0600. The summed E-state index contributed by atoms with van der Waals surface area (Å²) in [5.41, 5.74) is 4.37. The van der Waals surface area contributed by atoms with Crippen LogP contribution in [0.5, 0.6) is 0 Å². The van der Waals surface area contributed by atoms with Crippen LogP contribution in [0, 0.1) is 6.92 Å². The number of benzene rings is 2. The molecular formula is C27H23N3O3S. The van der Waals surface area contributed by atoms with Gasteiger partial charge in [0.2, 0.25) is 0 Å². The van der Waals surface area contributed by atoms with Crippen molar-refractivity contribution in [3.05, 3.63) is 108 Å². The first-order chi connectivity index (χ1) is 16.5. The zero-order valence-electron chi connectivity index (χ0n) is 18.8. The molecule has 3 heterocycles. The lowest BCUT2D eigenvalue weighted by Gasteiger charge is -2.26. The van der Waals surface area contributed by atoms with Crippen LogP contribution >= 0.6 is 12.2 Å². The molecule has 0 radical (unpaired) electrons. The van der Waals surface area contributed by atoms with Crippen LogP contribution in [-0.2, 0) is 4.74 Å². The van der Waals surface area contributed by atoms with E-state index in [4.69, 9.17) is 21.4 Å². The molecule has 0 amide bonds. The van der Waals surface area contributed by atoms with E-state index in [-0.39, 0.29) is 18.1 Å². The number of aryl methyl sites for hydroxylation is 1. The van der Waals surface area contributed by atoms with Crippen LogP contribution in [0.25, 0.3) is 11.3 Å². The van der Waals surface area contributed by atoms with E-state index >= 15 is 0 Å². The first-order valence-corrected chi connectivity index (χ1v) is 11.3. The number of rotatable bonds is 5. The second kappa shape index (κ2) is 9.11. The first-order valence-electron chi connectivity index (χ1n) is 10.9. The smallest absolute Gasteiger partial charge is 0.337 e. The Labute approximate surface area is 203 Å². The third kappa shape index (κ3) is 4.06. The number of hydrogen-bond donors (Lipinski definition) is 1. The number of thiocarbonyl (C=S) groups is 1. The second-order valence-electron chi connectivity index (χ2n) is 8.11. The maximum Gasteiger partial charge on any atom is 0.337 e. The Balaban J connectivity index is 1.55. The van der Waals surface area contributed by atoms with Crippen LogP contribution in [0.3, 0.4) is 0 Å². The Morgan fingerprint density at radius 2 is 1.88 bits per heavy atom. The minimum atomic E-state index is -0.371. The normalized spacial score (nSPS) is 17.5. The van der Waals surface area contributed by atoms with E-state index in [1.807, 2.05) is 54.6 Å². The minimum Gasteiger partial charge on any atom is -0.465 e. The fraction of sp³-hybridized carbons (Fsp3) is 0.148. The van der Waals surface area contributed by atoms with E-state index in [0.29, 0.717) is 16.4 Å². The summed E-state index contributed by atoms with van der Waals surface area (Å²) in [6.07, 6.45) is 1.78. The zero-order chi connectivity index (χ0) is 23.7. The third-order valence-corrected chi connectivity index (χ3v) is 6.20. The molecule has 0 spiro atoms. The quantitative estimate of drug-likeness (QED) is 0.301. The number of carbonyl (C=O) groups excluding carboxylic acids is 1. The van der Waals surface area contributed by atoms with Crippen LogP contribution in [0.2, 0.25) is 0 Å². The van der Waals surface area contributed by atoms with E-state index in [1.54, 1.807) is 18.3 Å². The molecule has 0 saturated carbocycles. The number of ether oxygens (including phenoxy) is 1. The molecule has 170 valence electrons. The highest BCUT2D eigenvalue weighted by molar-refractivity contribution is 7.80. The van der Waals surface area contributed by atoms with Gasteiger partial charge in [-0.05, 0) is 73.2 Å². The Hall–Kier alpha value is -3.97. The van der Waals surface area contributed by atoms with Crippen molar-refractivity contribution in [2.45, 2.75) is 19.0 Å². The zero-order valence-corrected chi connectivity index (χ0v) is 19.6. The summed E-state index contributed by atoms with van der Waals surface area (Å²) in [7, 11) is 1.37. The van der Waals surface area contributed by atoms with Crippen LogP contribution < -0.4 is 10.2 Å². The van der Waals surface area contributed by atoms with Crippen molar-refractivity contribution in [1.82, 2.24) is 10.3 Å². The van der Waals surface area contributed by atoms with Crippen molar-refractivity contribution < 1.29 is 13.9 Å². The van der Waals surface area contributed by atoms with Crippen LogP contribution in [-0.4, -0.2) is 23.2 Å². The van der Waals surface area contributed by atoms with E-state index in [0.717, 1.165) is 28.3 Å². The average Bonchev–Trinajstić information content (AvgIpc) is 3.49. The van der Waals surface area contributed by atoms with Gasteiger partial charge >= 0.3 is 5.97 Å². The summed E-state index contributed by atoms with van der Waals surface area (Å²) in [5.74, 6) is 1.09. The van der Waals surface area contributed by atoms with Gasteiger partial charge in [0.25, 0.3) is 0 Å². The molecule has 34 heavy (non-hydrogen) atoms. The highest BCUT2D eigenvalue weighted by atomic mass is 32.1. The lowest BCUT2D eigenvalue weighted by Crippen LogP contribution is -2.29. The van der Waals surface area contributed by atoms with E-state index in [1.165, 1.54) is 7.11 Å². The molecule has 0 aliphatic carbocycles. The Morgan fingerprint density at radius 3 is 2.59 bits per heavy atom. The predicted octanol–water partition coefficient (Wildman–Crippen LogP) is 5.61. The number of anilines is 1. The van der Waals surface area contributed by atoms with Crippen molar-refractivity contribution in [2.24, 2.45) is 0 Å². The maximum absolute atomic E-state index is 11.8. The van der Waals surface area contributed by atoms with E-state index in [9.17, 15) is 4.79 Å². The number of esters is 1. The topological polar surface area (TPSA) is 67.6 Å². The summed E-state index contributed by atoms with van der Waals surface area (Å²) in [4.78, 5) is 18.4. The van der Waals surface area contributed by atoms with E-state index < -0.39 is 0 Å². The van der Waals surface area contributed by atoms with Gasteiger partial charge in [-0.25, -0.2) is 4.79 Å². The maximum atomic E-state index is 11.8. The van der Waals surface area contributed by atoms with Gasteiger partial charge in [-0.15, -0.1) is 0 Å². The lowest BCUT2D eigenvalue weighted by atomic mass is 10.0. The van der Waals surface area contributed by atoms with Gasteiger partial charge in [-0.3, -0.25) is 4.98 Å². The molecule has 2 atom stereocenters. The monoisotopic (exact) mass is 469 g/mol. The molecule has 0 unspecified atom stereocenters. The Kier molecular flexibility index (Phi) is 5.86. The number of carbonyl (C=O) groups is 1. The SMILES string of the molecule is COC(=O)c1ccc(-c2ccc([C@H]3[C@H](c4ccccn4)NC(=S)N3c3cccc(C)c3)o2)cc1. The molecule has 7 heteroatoms. The van der Waals surface area contributed by atoms with Gasteiger partial charge < -0.3 is 19.4 Å². The highest BCUT2D eigenvalue weighted by Crippen LogP contribution is 2.43. The van der Waals surface area contributed by atoms with Crippen molar-refractivity contribution in [3.8, 4) is 11.3 Å². The van der Waals surface area contributed by atoms with Gasteiger partial charge in [0.1, 0.15) is 17.6 Å². The highest BCUT2D eigenvalue weighted by Gasteiger charge is 2.42. The Morgan fingerprint density at radius 1 is 1.06 bits per heavy atom. The molecule has 1 fully saturated rings. The fourth-order valence-electron chi connectivity index (χ4n) is 4.26. The predicted molar refractivity (Wildman–Crippen MR) is 135 cm³/mol. The number of nitrogens with one attached hydrogen (secondary N) is 1. The van der Waals surface area contributed by atoms with Crippen molar-refractivity contribution in [2.75, 3.05) is 12.0 Å². The largest absolute Gasteiger partial charge is 0.465 e. The molecular weight excluding hydrogens is 446 g/mol. The fourth-order valence-corrected chi connectivity index (χ4v) is 4.60. The average molecular weight is 470 g/mol. The number of pyridine rings is 1. The third-order valence-electron chi connectivity index (χ3n) is 5.89. The van der Waals surface area contributed by atoms with Gasteiger partial charge in [-0.2, -0.15) is 0 Å². The van der Waals surface area contributed by atoms with Crippen LogP contribution in [0.4, 0.5) is 5.69 Å². The number of methoxy groups -OCH3 is 1. The van der Waals surface area contributed by atoms with Crippen LogP contribution in [0.15, 0.2) is 89.5 Å². The van der Waals surface area contributed by atoms with E-state index in [2.05, 4.69) is 34.3 Å². The molecule has 2 aromatic carbocycles. The van der Waals surface area contributed by atoms with Crippen molar-refractivity contribution in [1.29, 1.82) is 0 Å². The number of hydrogen-bond acceptors (Lipinski definition) is 5. The Bertz CT molecular complexity index is 1330. The summed E-state index contributed by atoms with van der Waals surface area (Å²) in [6, 6.07) is 24.7. The summed E-state index contributed by atoms with van der Waals surface area (Å²) in [5, 5.41) is 4.06. The number of furan rings is 1. The number of nitrogens with zero attached hydrogens (tertiary/aromatic N) is 2. The summed E-state index contributed by atoms with van der Waals surface area (Å²) >= 11 is 5.77. The van der Waals surface area contributed by atoms with Gasteiger partial charge in [0.05, 0.1) is 24.4 Å². The summed E-state index contributed by atoms with van der Waals surface area (Å²) < 4.78 is 11.2. The standard InChI is InChI=1S/C27H23N3O3S/c1-17-6-5-7-20(16-17)30-25(24(29-27(30)34)21-8-3-4-15-28-21)23-14-13-22(33-23)18-9-11-19(12-10-18)26(31)32-2/h3-16,24-25H,1-2H3,(H,29,34)/t24-,25-/m0/s1. The molecule has 2 aromatic heterocycles. The molecule has 1 saturated heterocycles. The molecule has 1 aliphatic heterocycles. The van der Waals surface area contributed by atoms with Crippen molar-refractivity contribution >= 4 is 29.0 Å². The second-order valence-corrected chi connectivity index (χ2v) is 8.49. The van der Waals surface area contributed by atoms with Crippen LogP contribution in [0.1, 0.15) is 39.5 Å². The minimum absolute atomic E-state index is 0.185. The molecule has 0 bridgehead atoms. The first kappa shape index (κ1) is 21.9. The summed E-state index contributed by atoms with van der Waals surface area (Å²) in [6.45, 7) is 2.06. The number of aromatic nitrogens is 1. The van der Waals surface area contributed by atoms with Gasteiger partial charge in [-0.1, -0.05) is 30.3 Å². The van der Waals surface area contributed by atoms with Gasteiger partial charge in [0, 0.05) is 17.4 Å². The molecule has 5 rings (SSSR count). The molecule has 6 nitrogen and oxygen atoms in total. The van der Waals surface area contributed by atoms with Crippen molar-refractivity contribution in [3.63, 3.8) is 0 Å². The molecule has 4 aromatic rings. The molecule has 1 N–H and O–H groups in total. The van der Waals surface area contributed by atoms with Gasteiger partial charge in [0.15, 0.2) is 5.11 Å². The molecule has 1 aliphatic rings.